The maximum atomic E-state index is 6.24. The SMILES string of the molecule is c1ccc(-c2ccc(N(c3ccc4cc5oc6ccccc6c5cc4c3)c3ccc4oc5ccccc5c4c3)cc2-c2ccccc2)cc1. The normalized spacial score (nSPS) is 11.7. The van der Waals surface area contributed by atoms with Crippen LogP contribution in [0.2, 0.25) is 0 Å². The number of rotatable bonds is 5. The summed E-state index contributed by atoms with van der Waals surface area (Å²) in [5.41, 5.74) is 11.5. The van der Waals surface area contributed by atoms with Crippen molar-refractivity contribution < 1.29 is 8.83 Å². The number of benzene rings is 8. The summed E-state index contributed by atoms with van der Waals surface area (Å²) in [6, 6.07) is 62.3. The van der Waals surface area contributed by atoms with E-state index < -0.39 is 0 Å². The summed E-state index contributed by atoms with van der Waals surface area (Å²) in [5, 5.41) is 6.74. The first-order chi connectivity index (χ1) is 24.3. The lowest BCUT2D eigenvalue weighted by Gasteiger charge is -2.27. The number of hydrogen-bond donors (Lipinski definition) is 0. The molecule has 3 heteroatoms. The lowest BCUT2D eigenvalue weighted by atomic mass is 9.93. The van der Waals surface area contributed by atoms with E-state index in [1.165, 1.54) is 22.3 Å². The average Bonchev–Trinajstić information content (AvgIpc) is 3.72. The van der Waals surface area contributed by atoms with E-state index >= 15 is 0 Å². The molecule has 0 aliphatic carbocycles. The minimum atomic E-state index is 0.877. The molecule has 0 N–H and O–H groups in total. The van der Waals surface area contributed by atoms with Crippen LogP contribution in [0.25, 0.3) is 76.9 Å². The summed E-state index contributed by atoms with van der Waals surface area (Å²) in [5.74, 6) is 0. The topological polar surface area (TPSA) is 29.5 Å². The van der Waals surface area contributed by atoms with Gasteiger partial charge in [0.1, 0.15) is 22.3 Å². The number of fused-ring (bicyclic) bond motifs is 7. The highest BCUT2D eigenvalue weighted by atomic mass is 16.3. The van der Waals surface area contributed by atoms with Crippen LogP contribution in [-0.4, -0.2) is 0 Å². The fraction of sp³-hybridized carbons (Fsp3) is 0. The Hall–Kier alpha value is -6.58. The maximum absolute atomic E-state index is 6.24. The summed E-state index contributed by atoms with van der Waals surface area (Å²) < 4.78 is 12.5. The maximum Gasteiger partial charge on any atom is 0.136 e. The van der Waals surface area contributed by atoms with Gasteiger partial charge in [0, 0.05) is 38.6 Å². The van der Waals surface area contributed by atoms with Crippen molar-refractivity contribution in [3.63, 3.8) is 0 Å². The first-order valence-electron chi connectivity index (χ1n) is 16.6. The second kappa shape index (κ2) is 11.0. The number of nitrogens with zero attached hydrogens (tertiary/aromatic N) is 1. The Labute approximate surface area is 282 Å². The van der Waals surface area contributed by atoms with Gasteiger partial charge in [0.05, 0.1) is 0 Å². The summed E-state index contributed by atoms with van der Waals surface area (Å²) >= 11 is 0. The molecule has 0 atom stereocenters. The molecule has 8 aromatic carbocycles. The number of anilines is 3. The van der Waals surface area contributed by atoms with Crippen LogP contribution < -0.4 is 4.90 Å². The fourth-order valence-corrected chi connectivity index (χ4v) is 7.29. The molecule has 0 saturated carbocycles. The zero-order chi connectivity index (χ0) is 32.3. The quantitative estimate of drug-likeness (QED) is 0.190. The Bertz CT molecular complexity index is 2830. The number of para-hydroxylation sites is 2. The van der Waals surface area contributed by atoms with E-state index in [2.05, 4.69) is 157 Å². The van der Waals surface area contributed by atoms with E-state index in [1.807, 2.05) is 24.3 Å². The van der Waals surface area contributed by atoms with Gasteiger partial charge in [-0.3, -0.25) is 0 Å². The van der Waals surface area contributed by atoms with Gasteiger partial charge in [0.2, 0.25) is 0 Å². The third-order valence-electron chi connectivity index (χ3n) is 9.63. The number of hydrogen-bond acceptors (Lipinski definition) is 3. The minimum absolute atomic E-state index is 0.877. The molecule has 10 aromatic rings. The Morgan fingerprint density at radius 3 is 1.57 bits per heavy atom. The summed E-state index contributed by atoms with van der Waals surface area (Å²) in [6.07, 6.45) is 0. The second-order valence-electron chi connectivity index (χ2n) is 12.6. The minimum Gasteiger partial charge on any atom is -0.456 e. The molecule has 0 bridgehead atoms. The van der Waals surface area contributed by atoms with Crippen LogP contribution in [0, 0.1) is 0 Å². The molecule has 0 amide bonds. The summed E-state index contributed by atoms with van der Waals surface area (Å²) in [7, 11) is 0. The monoisotopic (exact) mass is 627 g/mol. The predicted octanol–water partition coefficient (Wildman–Crippen LogP) is 13.4. The van der Waals surface area contributed by atoms with Gasteiger partial charge >= 0.3 is 0 Å². The van der Waals surface area contributed by atoms with Crippen LogP contribution in [0.15, 0.2) is 185 Å². The van der Waals surface area contributed by atoms with Gasteiger partial charge < -0.3 is 13.7 Å². The lowest BCUT2D eigenvalue weighted by molar-refractivity contribution is 0.669. The van der Waals surface area contributed by atoms with Crippen molar-refractivity contribution in [2.45, 2.75) is 0 Å². The molecule has 3 nitrogen and oxygen atoms in total. The molecule has 2 heterocycles. The summed E-state index contributed by atoms with van der Waals surface area (Å²) in [4.78, 5) is 2.36. The van der Waals surface area contributed by atoms with Crippen LogP contribution in [0.5, 0.6) is 0 Å². The van der Waals surface area contributed by atoms with Gasteiger partial charge in [0.25, 0.3) is 0 Å². The molecule has 0 unspecified atom stereocenters. The van der Waals surface area contributed by atoms with Crippen LogP contribution in [0.4, 0.5) is 17.1 Å². The van der Waals surface area contributed by atoms with E-state index in [9.17, 15) is 0 Å². The van der Waals surface area contributed by atoms with Gasteiger partial charge in [-0.2, -0.15) is 0 Å². The molecule has 230 valence electrons. The Balaban J connectivity index is 1.22. The van der Waals surface area contributed by atoms with E-state index in [-0.39, 0.29) is 0 Å². The zero-order valence-electron chi connectivity index (χ0n) is 26.5. The van der Waals surface area contributed by atoms with Gasteiger partial charge in [-0.05, 0) is 99.8 Å². The second-order valence-corrected chi connectivity index (χ2v) is 12.6. The molecular weight excluding hydrogens is 599 g/mol. The predicted molar refractivity (Wildman–Crippen MR) is 204 cm³/mol. The van der Waals surface area contributed by atoms with E-state index in [0.717, 1.165) is 71.7 Å². The van der Waals surface area contributed by atoms with E-state index in [4.69, 9.17) is 8.83 Å². The number of furan rings is 2. The van der Waals surface area contributed by atoms with Crippen molar-refractivity contribution in [3.8, 4) is 22.3 Å². The third kappa shape index (κ3) is 4.59. The van der Waals surface area contributed by atoms with Gasteiger partial charge in [-0.1, -0.05) is 109 Å². The smallest absolute Gasteiger partial charge is 0.136 e. The molecular formula is C46H29NO2. The molecule has 0 spiro atoms. The summed E-state index contributed by atoms with van der Waals surface area (Å²) in [6.45, 7) is 0. The van der Waals surface area contributed by atoms with Crippen molar-refractivity contribution in [2.75, 3.05) is 4.90 Å². The van der Waals surface area contributed by atoms with E-state index in [0.29, 0.717) is 0 Å². The zero-order valence-corrected chi connectivity index (χ0v) is 26.5. The Morgan fingerprint density at radius 2 is 0.837 bits per heavy atom. The molecule has 0 radical (unpaired) electrons. The van der Waals surface area contributed by atoms with Crippen molar-refractivity contribution >= 4 is 71.7 Å². The molecule has 49 heavy (non-hydrogen) atoms. The lowest BCUT2D eigenvalue weighted by Crippen LogP contribution is -2.10. The van der Waals surface area contributed by atoms with Crippen LogP contribution in [-0.2, 0) is 0 Å². The van der Waals surface area contributed by atoms with Crippen molar-refractivity contribution in [1.82, 2.24) is 0 Å². The molecule has 0 fully saturated rings. The fourth-order valence-electron chi connectivity index (χ4n) is 7.29. The van der Waals surface area contributed by atoms with Crippen molar-refractivity contribution in [1.29, 1.82) is 0 Å². The Kier molecular flexibility index (Phi) is 6.18. The van der Waals surface area contributed by atoms with E-state index in [1.54, 1.807) is 0 Å². The van der Waals surface area contributed by atoms with Crippen LogP contribution >= 0.6 is 0 Å². The highest BCUT2D eigenvalue weighted by molar-refractivity contribution is 6.11. The van der Waals surface area contributed by atoms with Crippen molar-refractivity contribution in [3.05, 3.63) is 176 Å². The molecule has 0 saturated heterocycles. The van der Waals surface area contributed by atoms with Crippen molar-refractivity contribution in [2.24, 2.45) is 0 Å². The molecule has 0 aliphatic heterocycles. The van der Waals surface area contributed by atoms with Gasteiger partial charge in [-0.15, -0.1) is 0 Å². The van der Waals surface area contributed by atoms with Gasteiger partial charge in [0.15, 0.2) is 0 Å². The molecule has 0 aliphatic rings. The largest absolute Gasteiger partial charge is 0.456 e. The first kappa shape index (κ1) is 27.5. The Morgan fingerprint density at radius 1 is 0.306 bits per heavy atom. The highest BCUT2D eigenvalue weighted by Crippen LogP contribution is 2.43. The molecule has 10 rings (SSSR count). The highest BCUT2D eigenvalue weighted by Gasteiger charge is 2.19. The average molecular weight is 628 g/mol. The molecule has 2 aromatic heterocycles. The third-order valence-corrected chi connectivity index (χ3v) is 9.63. The van der Waals surface area contributed by atoms with Crippen LogP contribution in [0.1, 0.15) is 0 Å². The first-order valence-corrected chi connectivity index (χ1v) is 16.6. The van der Waals surface area contributed by atoms with Crippen LogP contribution in [0.3, 0.4) is 0 Å². The standard InChI is InChI=1S/C46H29NO2/c1-3-11-30(12-4-1)37-23-21-35(28-40(37)31-13-5-2-6-14-31)47(36-22-24-45-42(29-36)39-16-8-9-17-43(39)48-45)34-20-19-32-27-46-41(26-33(32)25-34)38-15-7-10-18-44(38)49-46/h1-29H. The van der Waals surface area contributed by atoms with Gasteiger partial charge in [-0.25, -0.2) is 0 Å².